The number of aromatic nitrogens is 3. The van der Waals surface area contributed by atoms with Gasteiger partial charge in [0, 0.05) is 24.5 Å². The predicted molar refractivity (Wildman–Crippen MR) is 86.4 cm³/mol. The van der Waals surface area contributed by atoms with Gasteiger partial charge in [0.1, 0.15) is 0 Å². The van der Waals surface area contributed by atoms with Gasteiger partial charge in [-0.15, -0.1) is 11.3 Å². The van der Waals surface area contributed by atoms with E-state index in [0.717, 1.165) is 23.5 Å². The summed E-state index contributed by atoms with van der Waals surface area (Å²) in [5, 5.41) is 22.1. The monoisotopic (exact) mass is 392 g/mol. The van der Waals surface area contributed by atoms with Gasteiger partial charge in [-0.3, -0.25) is 0 Å². The zero-order valence-electron chi connectivity index (χ0n) is 13.4. The number of aromatic carboxylic acids is 1. The lowest BCUT2D eigenvalue weighted by Gasteiger charge is -2.03. The van der Waals surface area contributed by atoms with Gasteiger partial charge in [0.05, 0.1) is 10.7 Å². The number of halogens is 3. The Morgan fingerprint density at radius 3 is 2.42 bits per heavy atom. The van der Waals surface area contributed by atoms with Gasteiger partial charge < -0.3 is 15.5 Å². The molecule has 142 valence electrons. The minimum absolute atomic E-state index is 0.0144. The summed E-state index contributed by atoms with van der Waals surface area (Å²) in [6.07, 6.45) is -1.95. The standard InChI is InChI=1S/C12H14N4O2S.C2HF3O2/c1-2-10-15-8(7-19-10)3-5-13-12-14-6-4-9(16-12)11(17)18;3-2(4,5)1(6)7/h4,6-7H,2-3,5H2,1H3,(H,17,18)(H,13,14,16);(H,6,7). The third-order valence-electron chi connectivity index (χ3n) is 2.68. The minimum atomic E-state index is -5.08. The molecule has 26 heavy (non-hydrogen) atoms. The van der Waals surface area contributed by atoms with E-state index in [1.807, 2.05) is 5.38 Å². The Balaban J connectivity index is 0.000000412. The first kappa shape index (κ1) is 21.3. The van der Waals surface area contributed by atoms with Crippen molar-refractivity contribution in [3.63, 3.8) is 0 Å². The van der Waals surface area contributed by atoms with E-state index in [-0.39, 0.29) is 5.69 Å². The first-order valence-electron chi connectivity index (χ1n) is 7.17. The smallest absolute Gasteiger partial charge is 0.477 e. The zero-order chi connectivity index (χ0) is 19.7. The van der Waals surface area contributed by atoms with Crippen molar-refractivity contribution >= 4 is 29.2 Å². The highest BCUT2D eigenvalue weighted by atomic mass is 32.1. The Hall–Kier alpha value is -2.76. The molecule has 3 N–H and O–H groups in total. The molecule has 0 saturated carbocycles. The van der Waals surface area contributed by atoms with Crippen LogP contribution in [0.1, 0.15) is 28.1 Å². The Bertz CT molecular complexity index is 752. The number of hydrogen-bond donors (Lipinski definition) is 3. The number of anilines is 1. The number of hydrogen-bond acceptors (Lipinski definition) is 7. The van der Waals surface area contributed by atoms with E-state index in [1.165, 1.54) is 12.3 Å². The normalized spacial score (nSPS) is 10.6. The van der Waals surface area contributed by atoms with Crippen molar-refractivity contribution in [2.75, 3.05) is 11.9 Å². The van der Waals surface area contributed by atoms with Crippen LogP contribution >= 0.6 is 11.3 Å². The number of nitrogens with one attached hydrogen (secondary N) is 1. The van der Waals surface area contributed by atoms with Crippen molar-refractivity contribution in [3.05, 3.63) is 34.0 Å². The fourth-order valence-electron chi connectivity index (χ4n) is 1.49. The highest BCUT2D eigenvalue weighted by molar-refractivity contribution is 7.09. The number of carbonyl (C=O) groups is 2. The van der Waals surface area contributed by atoms with Gasteiger partial charge in [-0.25, -0.2) is 24.5 Å². The van der Waals surface area contributed by atoms with E-state index >= 15 is 0 Å². The molecule has 2 rings (SSSR count). The first-order chi connectivity index (χ1) is 12.1. The van der Waals surface area contributed by atoms with Crippen molar-refractivity contribution in [2.24, 2.45) is 0 Å². The molecule has 0 atom stereocenters. The molecule has 8 nitrogen and oxygen atoms in total. The van der Waals surface area contributed by atoms with E-state index < -0.39 is 18.1 Å². The highest BCUT2D eigenvalue weighted by Crippen LogP contribution is 2.13. The Morgan fingerprint density at radius 1 is 1.27 bits per heavy atom. The van der Waals surface area contributed by atoms with Gasteiger partial charge in [-0.1, -0.05) is 6.92 Å². The van der Waals surface area contributed by atoms with Gasteiger partial charge >= 0.3 is 18.1 Å². The number of alkyl halides is 3. The van der Waals surface area contributed by atoms with Crippen LogP contribution in [0.4, 0.5) is 19.1 Å². The zero-order valence-corrected chi connectivity index (χ0v) is 14.3. The van der Waals surface area contributed by atoms with Crippen molar-refractivity contribution in [3.8, 4) is 0 Å². The molecule has 2 aromatic heterocycles. The number of carboxylic acids is 2. The summed E-state index contributed by atoms with van der Waals surface area (Å²) >= 11 is 1.65. The Kier molecular flexibility index (Phi) is 7.90. The van der Waals surface area contributed by atoms with Crippen LogP contribution in [-0.4, -0.2) is 49.8 Å². The van der Waals surface area contributed by atoms with Crippen LogP contribution < -0.4 is 5.32 Å². The van der Waals surface area contributed by atoms with Crippen molar-refractivity contribution < 1.29 is 33.0 Å². The first-order valence-corrected chi connectivity index (χ1v) is 8.05. The second-order valence-electron chi connectivity index (χ2n) is 4.64. The van der Waals surface area contributed by atoms with E-state index in [2.05, 4.69) is 27.2 Å². The molecular formula is C14H15F3N4O4S. The second-order valence-corrected chi connectivity index (χ2v) is 5.58. The fraction of sp³-hybridized carbons (Fsp3) is 0.357. The molecule has 2 aromatic rings. The quantitative estimate of drug-likeness (QED) is 0.685. The van der Waals surface area contributed by atoms with E-state index in [4.69, 9.17) is 15.0 Å². The van der Waals surface area contributed by atoms with Gasteiger partial charge in [-0.05, 0) is 12.5 Å². The molecule has 0 aliphatic rings. The second kappa shape index (κ2) is 9.65. The molecule has 0 amide bonds. The topological polar surface area (TPSA) is 125 Å². The summed E-state index contributed by atoms with van der Waals surface area (Å²) in [6.45, 7) is 2.70. The molecule has 2 heterocycles. The van der Waals surface area contributed by atoms with Gasteiger partial charge in [0.25, 0.3) is 0 Å². The number of nitrogens with zero attached hydrogens (tertiary/aromatic N) is 3. The lowest BCUT2D eigenvalue weighted by Crippen LogP contribution is -2.21. The average molecular weight is 392 g/mol. The molecule has 0 spiro atoms. The van der Waals surface area contributed by atoms with Crippen LogP contribution in [0.25, 0.3) is 0 Å². The minimum Gasteiger partial charge on any atom is -0.477 e. The largest absolute Gasteiger partial charge is 0.490 e. The molecule has 0 aliphatic heterocycles. The van der Waals surface area contributed by atoms with Crippen LogP contribution in [0.5, 0.6) is 0 Å². The predicted octanol–water partition coefficient (Wildman–Crippen LogP) is 2.48. The number of aryl methyl sites for hydroxylation is 1. The molecule has 0 radical (unpaired) electrons. The summed E-state index contributed by atoms with van der Waals surface area (Å²) in [6, 6.07) is 1.36. The average Bonchev–Trinajstić information content (AvgIpc) is 3.03. The summed E-state index contributed by atoms with van der Waals surface area (Å²) in [5.41, 5.74) is 1.02. The maximum absolute atomic E-state index is 10.8. The van der Waals surface area contributed by atoms with E-state index in [0.29, 0.717) is 12.5 Å². The Morgan fingerprint density at radius 2 is 1.92 bits per heavy atom. The molecule has 0 bridgehead atoms. The Labute approximate surface area is 149 Å². The van der Waals surface area contributed by atoms with Crippen molar-refractivity contribution in [1.82, 2.24) is 15.0 Å². The summed E-state index contributed by atoms with van der Waals surface area (Å²) in [5.74, 6) is -3.49. The molecule has 0 saturated heterocycles. The fourth-order valence-corrected chi connectivity index (χ4v) is 2.27. The van der Waals surface area contributed by atoms with Gasteiger partial charge in [0.2, 0.25) is 5.95 Å². The molecule has 0 aromatic carbocycles. The van der Waals surface area contributed by atoms with Gasteiger partial charge in [0.15, 0.2) is 5.69 Å². The van der Waals surface area contributed by atoms with Crippen LogP contribution in [0.3, 0.4) is 0 Å². The van der Waals surface area contributed by atoms with Crippen LogP contribution in [-0.2, 0) is 17.6 Å². The van der Waals surface area contributed by atoms with Crippen LogP contribution in [0, 0.1) is 0 Å². The molecule has 0 aliphatic carbocycles. The molecule has 0 fully saturated rings. The summed E-state index contributed by atoms with van der Waals surface area (Å²) in [4.78, 5) is 32.0. The number of aliphatic carboxylic acids is 1. The lowest BCUT2D eigenvalue weighted by atomic mass is 10.3. The van der Waals surface area contributed by atoms with Gasteiger partial charge in [-0.2, -0.15) is 13.2 Å². The molecular weight excluding hydrogens is 377 g/mol. The number of carboxylic acid groups (broad SMARTS) is 2. The van der Waals surface area contributed by atoms with Crippen molar-refractivity contribution in [2.45, 2.75) is 25.9 Å². The molecule has 12 heteroatoms. The third kappa shape index (κ3) is 7.42. The molecule has 0 unspecified atom stereocenters. The number of rotatable bonds is 6. The lowest BCUT2D eigenvalue weighted by molar-refractivity contribution is -0.192. The summed E-state index contributed by atoms with van der Waals surface area (Å²) in [7, 11) is 0. The maximum Gasteiger partial charge on any atom is 0.490 e. The van der Waals surface area contributed by atoms with E-state index in [1.54, 1.807) is 11.3 Å². The third-order valence-corrected chi connectivity index (χ3v) is 3.73. The van der Waals surface area contributed by atoms with Crippen LogP contribution in [0.15, 0.2) is 17.6 Å². The highest BCUT2D eigenvalue weighted by Gasteiger charge is 2.38. The number of thiazole rings is 1. The van der Waals surface area contributed by atoms with E-state index in [9.17, 15) is 18.0 Å². The SMILES string of the molecule is CCc1nc(CCNc2nccc(C(=O)O)n2)cs1.O=C(O)C(F)(F)F. The van der Waals surface area contributed by atoms with Crippen LogP contribution in [0.2, 0.25) is 0 Å². The van der Waals surface area contributed by atoms with Crippen molar-refractivity contribution in [1.29, 1.82) is 0 Å². The maximum atomic E-state index is 10.8. The summed E-state index contributed by atoms with van der Waals surface area (Å²) < 4.78 is 31.7.